The van der Waals surface area contributed by atoms with Crippen molar-refractivity contribution in [2.75, 3.05) is 18.5 Å². The summed E-state index contributed by atoms with van der Waals surface area (Å²) in [6.07, 6.45) is 10.2. The Balaban J connectivity index is 2.00. The lowest BCUT2D eigenvalue weighted by Gasteiger charge is -2.16. The maximum Gasteiger partial charge on any atom is 0.297 e. The summed E-state index contributed by atoms with van der Waals surface area (Å²) in [5.74, 6) is -0.0570. The number of hydrogen-bond donors (Lipinski definition) is 2. The molecule has 0 aliphatic rings. The van der Waals surface area contributed by atoms with Gasteiger partial charge in [-0.3, -0.25) is 4.79 Å². The number of unbranched alkanes of at least 4 members (excludes halogenated alkanes) is 7. The Morgan fingerprint density at radius 3 is 2.37 bits per heavy atom. The van der Waals surface area contributed by atoms with E-state index < -0.39 is 0 Å². The van der Waals surface area contributed by atoms with Crippen molar-refractivity contribution in [3.05, 3.63) is 28.6 Å². The van der Waals surface area contributed by atoms with Gasteiger partial charge in [-0.15, -0.1) is 0 Å². The van der Waals surface area contributed by atoms with Crippen LogP contribution in [-0.4, -0.2) is 22.8 Å². The average molecular weight is 375 g/mol. The van der Waals surface area contributed by atoms with Gasteiger partial charge >= 0.3 is 0 Å². The van der Waals surface area contributed by atoms with Crippen LogP contribution in [0.4, 0.5) is 5.69 Å². The van der Waals surface area contributed by atoms with E-state index in [4.69, 9.17) is 4.74 Å². The van der Waals surface area contributed by atoms with Gasteiger partial charge < -0.3 is 19.7 Å². The van der Waals surface area contributed by atoms with Gasteiger partial charge in [-0.1, -0.05) is 57.9 Å². The maximum absolute atomic E-state index is 12.5. The van der Waals surface area contributed by atoms with Gasteiger partial charge in [-0.25, -0.2) is 0 Å². The van der Waals surface area contributed by atoms with Crippen LogP contribution in [-0.2, 0) is 7.05 Å². The Labute approximate surface area is 162 Å². The van der Waals surface area contributed by atoms with Crippen molar-refractivity contribution in [3.63, 3.8) is 0 Å². The number of nitrogens with one attached hydrogen (secondary N) is 1. The number of aromatic hydroxyl groups is 1. The van der Waals surface area contributed by atoms with Crippen LogP contribution >= 0.6 is 0 Å². The number of hydrogen-bond acceptors (Lipinski definition) is 4. The van der Waals surface area contributed by atoms with Crippen molar-refractivity contribution in [2.24, 2.45) is 7.05 Å². The number of para-hydroxylation sites is 1. The number of rotatable bonds is 12. The predicted octanol–water partition coefficient (Wildman–Crippen LogP) is 5.20. The number of ether oxygens (including phenoxy) is 1. The van der Waals surface area contributed by atoms with Crippen LogP contribution in [0.5, 0.6) is 11.5 Å². The topological polar surface area (TPSA) is 63.5 Å². The number of pyridine rings is 1. The molecule has 0 aliphatic carbocycles. The maximum atomic E-state index is 12.5. The minimum atomic E-state index is -0.317. The molecule has 27 heavy (non-hydrogen) atoms. The van der Waals surface area contributed by atoms with Crippen LogP contribution in [0.3, 0.4) is 0 Å². The molecule has 1 heterocycles. The Kier molecular flexibility index (Phi) is 8.49. The summed E-state index contributed by atoms with van der Waals surface area (Å²) in [6, 6.07) is 5.65. The van der Waals surface area contributed by atoms with E-state index in [9.17, 15) is 9.90 Å². The molecule has 0 atom stereocenters. The van der Waals surface area contributed by atoms with Gasteiger partial charge in [0.25, 0.3) is 5.56 Å². The molecule has 0 fully saturated rings. The number of aromatic nitrogens is 1. The SMILES string of the molecule is CCCCCCCCCCNc1cccc2c(O)c(OCC)c(=O)n(C)c12. The molecule has 0 amide bonds. The van der Waals surface area contributed by atoms with E-state index in [0.717, 1.165) is 18.7 Å². The van der Waals surface area contributed by atoms with Crippen LogP contribution < -0.4 is 15.6 Å². The minimum absolute atomic E-state index is 0.0210. The smallest absolute Gasteiger partial charge is 0.297 e. The lowest BCUT2D eigenvalue weighted by Crippen LogP contribution is -2.20. The van der Waals surface area contributed by atoms with E-state index in [1.807, 2.05) is 18.2 Å². The number of fused-ring (bicyclic) bond motifs is 1. The molecule has 1 aromatic carbocycles. The molecule has 1 aromatic heterocycles. The summed E-state index contributed by atoms with van der Waals surface area (Å²) in [6.45, 7) is 5.23. The first-order valence-corrected chi connectivity index (χ1v) is 10.3. The second-order valence-corrected chi connectivity index (χ2v) is 7.08. The van der Waals surface area contributed by atoms with Crippen LogP contribution in [0.15, 0.2) is 23.0 Å². The van der Waals surface area contributed by atoms with E-state index in [2.05, 4.69) is 12.2 Å². The van der Waals surface area contributed by atoms with Gasteiger partial charge in [0.15, 0.2) is 5.75 Å². The molecule has 2 N–H and O–H groups in total. The second kappa shape index (κ2) is 10.9. The van der Waals surface area contributed by atoms with E-state index in [-0.39, 0.29) is 17.1 Å². The molecule has 0 radical (unpaired) electrons. The van der Waals surface area contributed by atoms with Crippen molar-refractivity contribution in [3.8, 4) is 11.5 Å². The lowest BCUT2D eigenvalue weighted by atomic mass is 10.1. The van der Waals surface area contributed by atoms with Crippen molar-refractivity contribution in [2.45, 2.75) is 65.2 Å². The molecule has 0 spiro atoms. The Hall–Kier alpha value is -2.17. The van der Waals surface area contributed by atoms with E-state index in [1.165, 1.54) is 44.9 Å². The summed E-state index contributed by atoms with van der Waals surface area (Å²) in [5, 5.41) is 14.5. The zero-order valence-electron chi connectivity index (χ0n) is 17.0. The average Bonchev–Trinajstić information content (AvgIpc) is 2.68. The molecule has 2 rings (SSSR count). The summed E-state index contributed by atoms with van der Waals surface area (Å²) in [4.78, 5) is 12.5. The van der Waals surface area contributed by atoms with E-state index in [0.29, 0.717) is 17.5 Å². The fourth-order valence-electron chi connectivity index (χ4n) is 3.47. The summed E-state index contributed by atoms with van der Waals surface area (Å²) in [5.41, 5.74) is 1.26. The highest BCUT2D eigenvalue weighted by molar-refractivity contribution is 5.96. The molecule has 5 nitrogen and oxygen atoms in total. The molecule has 0 unspecified atom stereocenters. The number of nitrogens with zero attached hydrogens (tertiary/aromatic N) is 1. The van der Waals surface area contributed by atoms with E-state index >= 15 is 0 Å². The van der Waals surface area contributed by atoms with Gasteiger partial charge in [0.2, 0.25) is 5.75 Å². The van der Waals surface area contributed by atoms with Gasteiger partial charge in [0.05, 0.1) is 17.8 Å². The number of anilines is 1. The first-order valence-electron chi connectivity index (χ1n) is 10.3. The standard InChI is InChI=1S/C22H34N2O3/c1-4-6-7-8-9-10-11-12-16-23-18-15-13-14-17-19(18)24(3)22(26)21(20(17)25)27-5-2/h13-15,23,25H,4-12,16H2,1-3H3. The highest BCUT2D eigenvalue weighted by atomic mass is 16.5. The van der Waals surface area contributed by atoms with Crippen molar-refractivity contribution >= 4 is 16.6 Å². The second-order valence-electron chi connectivity index (χ2n) is 7.08. The molecule has 5 heteroatoms. The van der Waals surface area contributed by atoms with Crippen molar-refractivity contribution < 1.29 is 9.84 Å². The quantitative estimate of drug-likeness (QED) is 0.502. The Bertz CT molecular complexity index is 783. The summed E-state index contributed by atoms with van der Waals surface area (Å²) in [7, 11) is 1.72. The fraction of sp³-hybridized carbons (Fsp3) is 0.591. The van der Waals surface area contributed by atoms with Crippen LogP contribution in [0.1, 0.15) is 65.2 Å². The Morgan fingerprint density at radius 1 is 1.04 bits per heavy atom. The van der Waals surface area contributed by atoms with Crippen LogP contribution in [0.2, 0.25) is 0 Å². The highest BCUT2D eigenvalue weighted by Crippen LogP contribution is 2.34. The normalized spacial score (nSPS) is 11.1. The minimum Gasteiger partial charge on any atom is -0.504 e. The summed E-state index contributed by atoms with van der Waals surface area (Å²) < 4.78 is 6.90. The molecule has 0 saturated carbocycles. The zero-order valence-corrected chi connectivity index (χ0v) is 17.0. The molecule has 0 aliphatic heterocycles. The van der Waals surface area contributed by atoms with Gasteiger partial charge in [0.1, 0.15) is 0 Å². The first kappa shape index (κ1) is 21.1. The third-order valence-electron chi connectivity index (χ3n) is 4.97. The summed E-state index contributed by atoms with van der Waals surface area (Å²) >= 11 is 0. The zero-order chi connectivity index (χ0) is 19.6. The van der Waals surface area contributed by atoms with Crippen LogP contribution in [0.25, 0.3) is 10.9 Å². The fourth-order valence-corrected chi connectivity index (χ4v) is 3.47. The van der Waals surface area contributed by atoms with Crippen molar-refractivity contribution in [1.82, 2.24) is 4.57 Å². The first-order chi connectivity index (χ1) is 13.1. The van der Waals surface area contributed by atoms with Crippen molar-refractivity contribution in [1.29, 1.82) is 0 Å². The molecular formula is C22H34N2O3. The van der Waals surface area contributed by atoms with Crippen LogP contribution in [0, 0.1) is 0 Å². The Morgan fingerprint density at radius 2 is 1.70 bits per heavy atom. The number of aryl methyl sites for hydroxylation is 1. The van der Waals surface area contributed by atoms with E-state index in [1.54, 1.807) is 18.5 Å². The monoisotopic (exact) mass is 374 g/mol. The van der Waals surface area contributed by atoms with Gasteiger partial charge in [0, 0.05) is 19.0 Å². The number of benzene rings is 1. The third kappa shape index (κ3) is 5.41. The van der Waals surface area contributed by atoms with Gasteiger partial charge in [-0.05, 0) is 25.5 Å². The van der Waals surface area contributed by atoms with Gasteiger partial charge in [-0.2, -0.15) is 0 Å². The highest BCUT2D eigenvalue weighted by Gasteiger charge is 2.17. The largest absolute Gasteiger partial charge is 0.504 e. The molecule has 0 bridgehead atoms. The predicted molar refractivity (Wildman–Crippen MR) is 113 cm³/mol. The third-order valence-corrected chi connectivity index (χ3v) is 4.97. The molecule has 0 saturated heterocycles. The molecule has 150 valence electrons. The lowest BCUT2D eigenvalue weighted by molar-refractivity contribution is 0.313. The molecule has 2 aromatic rings. The molecular weight excluding hydrogens is 340 g/mol.